The van der Waals surface area contributed by atoms with Gasteiger partial charge in [0, 0.05) is 11.3 Å². The Kier molecular flexibility index (Phi) is 4.53. The third-order valence-electron chi connectivity index (χ3n) is 2.73. The van der Waals surface area contributed by atoms with Crippen LogP contribution in [0.15, 0.2) is 48.5 Å². The predicted octanol–water partition coefficient (Wildman–Crippen LogP) is 3.28. The number of phenolic OH excluding ortho intramolecular Hbond substituents is 1. The normalized spacial score (nSPS) is 11.7. The number of amides is 1. The molecule has 0 saturated heterocycles. The van der Waals surface area contributed by atoms with Gasteiger partial charge in [-0.05, 0) is 29.8 Å². The van der Waals surface area contributed by atoms with Crippen molar-refractivity contribution in [2.24, 2.45) is 0 Å². The van der Waals surface area contributed by atoms with Crippen LogP contribution in [0.3, 0.4) is 0 Å². The number of halogens is 1. The Hall–Kier alpha value is -2.14. The molecular weight excluding hydrogens is 322 g/mol. The molecule has 0 aromatic heterocycles. The van der Waals surface area contributed by atoms with Gasteiger partial charge in [0.05, 0.1) is 0 Å². The van der Waals surface area contributed by atoms with Crippen LogP contribution in [0, 0.1) is 0 Å². The van der Waals surface area contributed by atoms with E-state index in [1.165, 1.54) is 12.1 Å². The maximum Gasteiger partial charge on any atom is 0.242 e. The number of carbonyl (C=O) groups is 2. The maximum absolute atomic E-state index is 12.1. The third kappa shape index (κ3) is 3.45. The fraction of sp³-hybridized carbons (Fsp3) is 0.0667. The average molecular weight is 334 g/mol. The molecule has 1 atom stereocenters. The molecule has 1 unspecified atom stereocenters. The summed E-state index contributed by atoms with van der Waals surface area (Å²) in [5.74, 6) is -0.0858. The van der Waals surface area contributed by atoms with Crippen molar-refractivity contribution >= 4 is 33.8 Å². The number of hydrogen-bond acceptors (Lipinski definition) is 3. The van der Waals surface area contributed by atoms with Crippen molar-refractivity contribution in [2.45, 2.75) is 4.83 Å². The molecule has 20 heavy (non-hydrogen) atoms. The second-order valence-corrected chi connectivity index (χ2v) is 5.10. The number of nitrogens with one attached hydrogen (secondary N) is 1. The van der Waals surface area contributed by atoms with E-state index in [4.69, 9.17) is 0 Å². The summed E-state index contributed by atoms with van der Waals surface area (Å²) >= 11 is 3.32. The number of phenols is 1. The lowest BCUT2D eigenvalue weighted by Crippen LogP contribution is -2.16. The predicted molar refractivity (Wildman–Crippen MR) is 80.2 cm³/mol. The van der Waals surface area contributed by atoms with Crippen molar-refractivity contribution in [2.75, 3.05) is 5.32 Å². The number of benzene rings is 2. The van der Waals surface area contributed by atoms with Crippen LogP contribution in [-0.4, -0.2) is 17.3 Å². The Labute approximate surface area is 124 Å². The fourth-order valence-corrected chi connectivity index (χ4v) is 2.06. The van der Waals surface area contributed by atoms with Gasteiger partial charge in [0.2, 0.25) is 5.91 Å². The van der Waals surface area contributed by atoms with Gasteiger partial charge in [0.15, 0.2) is 0 Å². The molecule has 0 heterocycles. The summed E-state index contributed by atoms with van der Waals surface area (Å²) in [5.41, 5.74) is 1.92. The molecule has 2 aromatic carbocycles. The molecule has 0 aliphatic heterocycles. The quantitative estimate of drug-likeness (QED) is 0.512. The second-order valence-electron chi connectivity index (χ2n) is 4.18. The van der Waals surface area contributed by atoms with Crippen LogP contribution >= 0.6 is 15.9 Å². The Morgan fingerprint density at radius 2 is 1.70 bits per heavy atom. The van der Waals surface area contributed by atoms with Gasteiger partial charge in [-0.1, -0.05) is 40.2 Å². The van der Waals surface area contributed by atoms with Gasteiger partial charge in [-0.25, -0.2) is 0 Å². The van der Waals surface area contributed by atoms with E-state index in [0.717, 1.165) is 11.8 Å². The molecule has 102 valence electrons. The summed E-state index contributed by atoms with van der Waals surface area (Å²) < 4.78 is 0. The topological polar surface area (TPSA) is 66.4 Å². The van der Waals surface area contributed by atoms with E-state index in [1.807, 2.05) is 0 Å². The van der Waals surface area contributed by atoms with Crippen LogP contribution in [0.25, 0.3) is 0 Å². The Bertz CT molecular complexity index is 608. The highest BCUT2D eigenvalue weighted by atomic mass is 79.9. The second kappa shape index (κ2) is 6.34. The molecule has 1 amide bonds. The molecule has 2 N–H and O–H groups in total. The van der Waals surface area contributed by atoms with Gasteiger partial charge in [-0.2, -0.15) is 0 Å². The fourth-order valence-electron chi connectivity index (χ4n) is 1.65. The molecule has 4 nitrogen and oxygen atoms in total. The highest BCUT2D eigenvalue weighted by Gasteiger charge is 2.17. The number of aromatic hydroxyl groups is 1. The van der Waals surface area contributed by atoms with Gasteiger partial charge >= 0.3 is 0 Å². The van der Waals surface area contributed by atoms with Crippen molar-refractivity contribution in [3.05, 3.63) is 59.7 Å². The van der Waals surface area contributed by atoms with Gasteiger partial charge in [-0.15, -0.1) is 0 Å². The number of rotatable bonds is 4. The number of carbonyl (C=O) groups excluding carboxylic acids is 2. The standard InChI is InChI=1S/C15H12BrNO3/c16-14(11-3-1-10(9-18)2-4-11)15(20)17-12-5-7-13(19)8-6-12/h1-9,14,19H,(H,17,20). The highest BCUT2D eigenvalue weighted by molar-refractivity contribution is 9.09. The van der Waals surface area contributed by atoms with Gasteiger partial charge in [-0.3, -0.25) is 9.59 Å². The molecular formula is C15H12BrNO3. The maximum atomic E-state index is 12.1. The number of alkyl halides is 1. The molecule has 0 aliphatic carbocycles. The van der Waals surface area contributed by atoms with Crippen molar-refractivity contribution in [1.82, 2.24) is 0 Å². The number of anilines is 1. The molecule has 0 fully saturated rings. The number of hydrogen-bond donors (Lipinski definition) is 2. The lowest BCUT2D eigenvalue weighted by atomic mass is 10.1. The van der Waals surface area contributed by atoms with Crippen LogP contribution in [0.4, 0.5) is 5.69 Å². The molecule has 0 aliphatic rings. The Morgan fingerprint density at radius 1 is 1.10 bits per heavy atom. The number of aldehydes is 1. The monoisotopic (exact) mass is 333 g/mol. The summed E-state index contributed by atoms with van der Waals surface area (Å²) in [7, 11) is 0. The molecule has 0 spiro atoms. The zero-order valence-electron chi connectivity index (χ0n) is 10.4. The third-order valence-corrected chi connectivity index (χ3v) is 3.67. The largest absolute Gasteiger partial charge is 0.508 e. The van der Waals surface area contributed by atoms with E-state index in [9.17, 15) is 14.7 Å². The average Bonchev–Trinajstić information content (AvgIpc) is 2.49. The summed E-state index contributed by atoms with van der Waals surface area (Å²) in [6.07, 6.45) is 0.754. The van der Waals surface area contributed by atoms with Crippen LogP contribution in [0.5, 0.6) is 5.75 Å². The first-order valence-corrected chi connectivity index (χ1v) is 6.81. The zero-order valence-corrected chi connectivity index (χ0v) is 12.0. The van der Waals surface area contributed by atoms with E-state index in [-0.39, 0.29) is 11.7 Å². The van der Waals surface area contributed by atoms with Crippen molar-refractivity contribution in [1.29, 1.82) is 0 Å². The molecule has 0 radical (unpaired) electrons. The highest BCUT2D eigenvalue weighted by Crippen LogP contribution is 2.25. The smallest absolute Gasteiger partial charge is 0.242 e. The van der Waals surface area contributed by atoms with E-state index < -0.39 is 4.83 Å². The molecule has 2 aromatic rings. The van der Waals surface area contributed by atoms with E-state index >= 15 is 0 Å². The summed E-state index contributed by atoms with van der Waals surface area (Å²) in [6, 6.07) is 13.0. The van der Waals surface area contributed by atoms with Crippen LogP contribution in [0.2, 0.25) is 0 Å². The molecule has 5 heteroatoms. The van der Waals surface area contributed by atoms with Crippen molar-refractivity contribution in [3.63, 3.8) is 0 Å². The SMILES string of the molecule is O=Cc1ccc(C(Br)C(=O)Nc2ccc(O)cc2)cc1. The van der Waals surface area contributed by atoms with E-state index in [2.05, 4.69) is 21.2 Å². The van der Waals surface area contributed by atoms with Gasteiger partial charge in [0.1, 0.15) is 16.9 Å². The minimum atomic E-state index is -0.517. The summed E-state index contributed by atoms with van der Waals surface area (Å²) in [5, 5.41) is 11.9. The van der Waals surface area contributed by atoms with Gasteiger partial charge in [0.25, 0.3) is 0 Å². The Balaban J connectivity index is 2.07. The van der Waals surface area contributed by atoms with Crippen LogP contribution in [0.1, 0.15) is 20.7 Å². The van der Waals surface area contributed by atoms with E-state index in [1.54, 1.807) is 36.4 Å². The Morgan fingerprint density at radius 3 is 2.25 bits per heavy atom. The summed E-state index contributed by atoms with van der Waals surface area (Å²) in [6.45, 7) is 0. The minimum Gasteiger partial charge on any atom is -0.508 e. The zero-order chi connectivity index (χ0) is 14.5. The first kappa shape index (κ1) is 14.3. The van der Waals surface area contributed by atoms with Crippen LogP contribution < -0.4 is 5.32 Å². The van der Waals surface area contributed by atoms with Crippen LogP contribution in [-0.2, 0) is 4.79 Å². The summed E-state index contributed by atoms with van der Waals surface area (Å²) in [4.78, 5) is 22.1. The first-order valence-electron chi connectivity index (χ1n) is 5.89. The molecule has 2 rings (SSSR count). The minimum absolute atomic E-state index is 0.142. The van der Waals surface area contributed by atoms with E-state index in [0.29, 0.717) is 11.3 Å². The molecule has 0 bridgehead atoms. The first-order chi connectivity index (χ1) is 9.60. The van der Waals surface area contributed by atoms with Crippen molar-refractivity contribution in [3.8, 4) is 5.75 Å². The lowest BCUT2D eigenvalue weighted by molar-refractivity contribution is -0.115. The molecule has 0 saturated carbocycles. The van der Waals surface area contributed by atoms with Gasteiger partial charge < -0.3 is 10.4 Å². The lowest BCUT2D eigenvalue weighted by Gasteiger charge is -2.11. The van der Waals surface area contributed by atoms with Crippen molar-refractivity contribution < 1.29 is 14.7 Å².